The molecular weight excluding hydrogens is 308 g/mol. The van der Waals surface area contributed by atoms with Crippen LogP contribution in [0.15, 0.2) is 28.9 Å². The first-order valence-electron chi connectivity index (χ1n) is 7.78. The quantitative estimate of drug-likeness (QED) is 0.848. The van der Waals surface area contributed by atoms with Crippen LogP contribution in [-0.4, -0.2) is 5.91 Å². The largest absolute Gasteiger partial charge is 0.465 e. The maximum Gasteiger partial charge on any atom is 0.249 e. The normalized spacial score (nSPS) is 17.0. The number of fused-ring (bicyclic) bond motifs is 1. The third kappa shape index (κ3) is 3.38. The van der Waals surface area contributed by atoms with Crippen molar-refractivity contribution in [1.29, 1.82) is 5.26 Å². The van der Waals surface area contributed by atoms with Gasteiger partial charge in [0.05, 0.1) is 11.8 Å². The van der Waals surface area contributed by atoms with Crippen LogP contribution in [0.2, 0.25) is 0 Å². The predicted molar refractivity (Wildman–Crippen MR) is 91.2 cm³/mol. The second-order valence-electron chi connectivity index (χ2n) is 5.67. The molecule has 23 heavy (non-hydrogen) atoms. The SMILES string of the molecule is CCC1CCc2c(sc(NC(=O)C=Cc3ccco3)c2C#N)C1. The van der Waals surface area contributed by atoms with Crippen LogP contribution in [0.1, 0.15) is 41.5 Å². The van der Waals surface area contributed by atoms with E-state index in [1.165, 1.54) is 11.0 Å². The minimum absolute atomic E-state index is 0.247. The zero-order valence-electron chi connectivity index (χ0n) is 13.0. The maximum absolute atomic E-state index is 12.1. The molecule has 0 saturated carbocycles. The Bertz CT molecular complexity index is 766. The number of nitrogens with one attached hydrogen (secondary N) is 1. The van der Waals surface area contributed by atoms with Crippen molar-refractivity contribution in [3.05, 3.63) is 46.2 Å². The van der Waals surface area contributed by atoms with E-state index in [4.69, 9.17) is 4.42 Å². The molecule has 118 valence electrons. The summed E-state index contributed by atoms with van der Waals surface area (Å²) in [4.78, 5) is 13.3. The second-order valence-corrected chi connectivity index (χ2v) is 6.78. The molecule has 1 N–H and O–H groups in total. The Labute approximate surface area is 139 Å². The first-order valence-corrected chi connectivity index (χ1v) is 8.60. The Morgan fingerprint density at radius 1 is 1.61 bits per heavy atom. The summed E-state index contributed by atoms with van der Waals surface area (Å²) in [5.41, 5.74) is 1.77. The van der Waals surface area contributed by atoms with E-state index in [1.54, 1.807) is 35.8 Å². The monoisotopic (exact) mass is 326 g/mol. The van der Waals surface area contributed by atoms with Crippen molar-refractivity contribution in [2.24, 2.45) is 5.92 Å². The van der Waals surface area contributed by atoms with Crippen molar-refractivity contribution < 1.29 is 9.21 Å². The number of hydrogen-bond donors (Lipinski definition) is 1. The van der Waals surface area contributed by atoms with E-state index in [1.807, 2.05) is 0 Å². The van der Waals surface area contributed by atoms with E-state index in [2.05, 4.69) is 18.3 Å². The van der Waals surface area contributed by atoms with Crippen LogP contribution in [-0.2, 0) is 17.6 Å². The second kappa shape index (κ2) is 6.84. The molecule has 1 aliphatic carbocycles. The molecule has 0 spiro atoms. The minimum Gasteiger partial charge on any atom is -0.465 e. The summed E-state index contributed by atoms with van der Waals surface area (Å²) >= 11 is 1.55. The smallest absolute Gasteiger partial charge is 0.249 e. The molecule has 1 unspecified atom stereocenters. The summed E-state index contributed by atoms with van der Waals surface area (Å²) in [5, 5.41) is 13.0. The summed E-state index contributed by atoms with van der Waals surface area (Å²) in [6.07, 6.45) is 8.83. The fourth-order valence-electron chi connectivity index (χ4n) is 2.91. The van der Waals surface area contributed by atoms with Gasteiger partial charge in [0, 0.05) is 11.0 Å². The number of rotatable bonds is 4. The number of nitriles is 1. The highest BCUT2D eigenvalue weighted by Crippen LogP contribution is 2.39. The predicted octanol–water partition coefficient (Wildman–Crippen LogP) is 4.38. The van der Waals surface area contributed by atoms with Gasteiger partial charge in [-0.15, -0.1) is 11.3 Å². The molecule has 0 fully saturated rings. The van der Waals surface area contributed by atoms with Crippen LogP contribution in [0, 0.1) is 17.2 Å². The van der Waals surface area contributed by atoms with Crippen molar-refractivity contribution in [1.82, 2.24) is 0 Å². The molecule has 4 nitrogen and oxygen atoms in total. The molecule has 3 rings (SSSR count). The van der Waals surface area contributed by atoms with Crippen LogP contribution in [0.3, 0.4) is 0 Å². The maximum atomic E-state index is 12.1. The minimum atomic E-state index is -0.247. The molecule has 1 atom stereocenters. The molecule has 2 aromatic heterocycles. The van der Waals surface area contributed by atoms with Crippen molar-refractivity contribution in [2.45, 2.75) is 32.6 Å². The summed E-state index contributed by atoms with van der Waals surface area (Å²) < 4.78 is 5.15. The number of nitrogens with zero attached hydrogens (tertiary/aromatic N) is 1. The van der Waals surface area contributed by atoms with E-state index < -0.39 is 0 Å². The molecule has 1 aliphatic rings. The van der Waals surface area contributed by atoms with Crippen molar-refractivity contribution >= 4 is 28.3 Å². The number of furan rings is 1. The fraction of sp³-hybridized carbons (Fsp3) is 0.333. The Balaban J connectivity index is 1.77. The van der Waals surface area contributed by atoms with Crippen LogP contribution in [0.5, 0.6) is 0 Å². The average Bonchev–Trinajstić information content (AvgIpc) is 3.19. The van der Waals surface area contributed by atoms with Gasteiger partial charge in [-0.25, -0.2) is 0 Å². The van der Waals surface area contributed by atoms with Crippen molar-refractivity contribution in [2.75, 3.05) is 5.32 Å². The van der Waals surface area contributed by atoms with Gasteiger partial charge >= 0.3 is 0 Å². The van der Waals surface area contributed by atoms with Crippen LogP contribution < -0.4 is 5.32 Å². The van der Waals surface area contributed by atoms with Gasteiger partial charge in [0.2, 0.25) is 5.91 Å². The third-order valence-corrected chi connectivity index (χ3v) is 5.41. The molecule has 0 saturated heterocycles. The standard InChI is InChI=1S/C18H18N2O2S/c1-2-12-5-7-14-15(11-19)18(23-16(14)10-12)20-17(21)8-6-13-4-3-9-22-13/h3-4,6,8-9,12H,2,5,7,10H2,1H3,(H,20,21). The lowest BCUT2D eigenvalue weighted by Gasteiger charge is -2.20. The molecule has 0 bridgehead atoms. The highest BCUT2D eigenvalue weighted by molar-refractivity contribution is 7.16. The Morgan fingerprint density at radius 3 is 3.17 bits per heavy atom. The van der Waals surface area contributed by atoms with Gasteiger partial charge < -0.3 is 9.73 Å². The molecule has 0 aliphatic heterocycles. The van der Waals surface area contributed by atoms with E-state index in [9.17, 15) is 10.1 Å². The zero-order chi connectivity index (χ0) is 16.2. The van der Waals surface area contributed by atoms with Crippen LogP contribution in [0.4, 0.5) is 5.00 Å². The van der Waals surface area contributed by atoms with Gasteiger partial charge in [0.1, 0.15) is 16.8 Å². The Hall–Kier alpha value is -2.32. The lowest BCUT2D eigenvalue weighted by atomic mass is 9.86. The molecule has 0 aromatic carbocycles. The third-order valence-electron chi connectivity index (χ3n) is 4.24. The van der Waals surface area contributed by atoms with Crippen LogP contribution in [0.25, 0.3) is 6.08 Å². The molecular formula is C18H18N2O2S. The van der Waals surface area contributed by atoms with Gasteiger partial charge in [0.25, 0.3) is 0 Å². The van der Waals surface area contributed by atoms with Crippen molar-refractivity contribution in [3.63, 3.8) is 0 Å². The number of carbonyl (C=O) groups is 1. The van der Waals surface area contributed by atoms with Crippen LogP contribution >= 0.6 is 11.3 Å². The number of hydrogen-bond acceptors (Lipinski definition) is 4. The van der Waals surface area contributed by atoms with Gasteiger partial charge in [-0.3, -0.25) is 4.79 Å². The first kappa shape index (κ1) is 15.6. The first-order chi connectivity index (χ1) is 11.2. The van der Waals surface area contributed by atoms with Gasteiger partial charge in [-0.1, -0.05) is 13.3 Å². The topological polar surface area (TPSA) is 66.0 Å². The van der Waals surface area contributed by atoms with E-state index in [0.29, 0.717) is 22.2 Å². The highest BCUT2D eigenvalue weighted by Gasteiger charge is 2.25. The highest BCUT2D eigenvalue weighted by atomic mass is 32.1. The summed E-state index contributed by atoms with van der Waals surface area (Å²) in [5.74, 6) is 1.07. The molecule has 2 aromatic rings. The van der Waals surface area contributed by atoms with Gasteiger partial charge in [-0.2, -0.15) is 5.26 Å². The number of anilines is 1. The summed E-state index contributed by atoms with van der Waals surface area (Å²) in [7, 11) is 0. The number of amides is 1. The molecule has 5 heteroatoms. The van der Waals surface area contributed by atoms with Gasteiger partial charge in [-0.05, 0) is 49.0 Å². The molecule has 1 amide bonds. The lowest BCUT2D eigenvalue weighted by Crippen LogP contribution is -2.12. The molecule has 2 heterocycles. The zero-order valence-corrected chi connectivity index (χ0v) is 13.8. The summed E-state index contributed by atoms with van der Waals surface area (Å²) in [6, 6.07) is 5.81. The number of carbonyl (C=O) groups excluding carboxylic acids is 1. The lowest BCUT2D eigenvalue weighted by molar-refractivity contribution is -0.111. The van der Waals surface area contributed by atoms with E-state index >= 15 is 0 Å². The van der Waals surface area contributed by atoms with Gasteiger partial charge in [0.15, 0.2) is 0 Å². The van der Waals surface area contributed by atoms with Crippen molar-refractivity contribution in [3.8, 4) is 6.07 Å². The number of thiophene rings is 1. The van der Waals surface area contributed by atoms with E-state index in [0.717, 1.165) is 31.2 Å². The van der Waals surface area contributed by atoms with E-state index in [-0.39, 0.29) is 5.91 Å². The summed E-state index contributed by atoms with van der Waals surface area (Å²) in [6.45, 7) is 2.20. The Morgan fingerprint density at radius 2 is 2.48 bits per heavy atom. The fourth-order valence-corrected chi connectivity index (χ4v) is 4.22. The molecule has 0 radical (unpaired) electrons. The average molecular weight is 326 g/mol. The Kier molecular flexibility index (Phi) is 4.63.